The molecule has 0 N–H and O–H groups in total. The van der Waals surface area contributed by atoms with Crippen molar-refractivity contribution in [2.75, 3.05) is 13.1 Å². The smallest absolute Gasteiger partial charge is 0.237 e. The number of hydrogen-bond donors (Lipinski definition) is 0. The zero-order chi connectivity index (χ0) is 9.78. The lowest BCUT2D eigenvalue weighted by Gasteiger charge is -2.19. The van der Waals surface area contributed by atoms with Crippen molar-refractivity contribution in [3.05, 3.63) is 0 Å². The van der Waals surface area contributed by atoms with Crippen LogP contribution in [0.1, 0.15) is 13.8 Å². The molecule has 0 heterocycles. The van der Waals surface area contributed by atoms with E-state index in [1.54, 1.807) is 4.31 Å². The fourth-order valence-electron chi connectivity index (χ4n) is 0.568. The van der Waals surface area contributed by atoms with E-state index in [4.69, 9.17) is 4.18 Å². The van der Waals surface area contributed by atoms with Crippen molar-refractivity contribution < 1.29 is 8.39 Å². The van der Waals surface area contributed by atoms with Crippen molar-refractivity contribution in [3.8, 4) is 0 Å². The molecule has 0 aromatic heterocycles. The van der Waals surface area contributed by atoms with Crippen LogP contribution in [0.15, 0.2) is 0 Å². The Kier molecular flexibility index (Phi) is 6.85. The maximum atomic E-state index is 11.3. The van der Waals surface area contributed by atoms with Crippen molar-refractivity contribution in [3.63, 3.8) is 0 Å². The van der Waals surface area contributed by atoms with Gasteiger partial charge in [-0.3, -0.25) is 0 Å². The first-order valence-corrected chi connectivity index (χ1v) is 6.74. The predicted molar refractivity (Wildman–Crippen MR) is 61.7 cm³/mol. The summed E-state index contributed by atoms with van der Waals surface area (Å²) in [6.45, 7) is 5.21. The Balaban J connectivity index is 4.02. The molecule has 0 saturated carbocycles. The summed E-state index contributed by atoms with van der Waals surface area (Å²) in [5.41, 5.74) is 0. The predicted octanol–water partition coefficient (Wildman–Crippen LogP) is 2.72. The van der Waals surface area contributed by atoms with E-state index < -0.39 is 13.6 Å². The Labute approximate surface area is 100 Å². The Morgan fingerprint density at radius 3 is 2.00 bits per heavy atom. The van der Waals surface area contributed by atoms with Crippen molar-refractivity contribution in [1.29, 1.82) is 0 Å². The molecule has 0 aromatic carbocycles. The molecular weight excluding hydrogens is 378 g/mol. The Morgan fingerprint density at radius 2 is 1.75 bits per heavy atom. The van der Waals surface area contributed by atoms with Gasteiger partial charge in [0.05, 0.1) is 0 Å². The summed E-state index contributed by atoms with van der Waals surface area (Å²) >= 11 is 7.86. The summed E-state index contributed by atoms with van der Waals surface area (Å²) < 4.78 is 17.2. The van der Waals surface area contributed by atoms with E-state index in [1.165, 1.54) is 0 Å². The fourth-order valence-corrected chi connectivity index (χ4v) is 2.27. The molecule has 0 aliphatic carbocycles. The third-order valence-electron chi connectivity index (χ3n) is 1.08. The zero-order valence-corrected chi connectivity index (χ0v) is 12.3. The highest BCUT2D eigenvalue weighted by Crippen LogP contribution is 2.35. The third kappa shape index (κ3) is 6.04. The van der Waals surface area contributed by atoms with Crippen molar-refractivity contribution in [2.24, 2.45) is 0 Å². The van der Waals surface area contributed by atoms with Gasteiger partial charge < -0.3 is 0 Å². The molecule has 1 atom stereocenters. The summed E-state index contributed by atoms with van der Waals surface area (Å²) in [6, 6.07) is 0. The second kappa shape index (κ2) is 6.08. The van der Waals surface area contributed by atoms with Gasteiger partial charge in [0.2, 0.25) is 13.6 Å². The van der Waals surface area contributed by atoms with E-state index in [2.05, 4.69) is 47.8 Å². The molecule has 1 unspecified atom stereocenters. The van der Waals surface area contributed by atoms with Crippen molar-refractivity contribution in [1.82, 2.24) is 4.31 Å². The second-order valence-corrected chi connectivity index (χ2v) is 9.52. The largest absolute Gasteiger partial charge is 0.249 e. The molecule has 0 aromatic rings. The lowest BCUT2D eigenvalue weighted by Crippen LogP contribution is -2.29. The highest BCUT2D eigenvalue weighted by atomic mass is 80.0. The van der Waals surface area contributed by atoms with E-state index in [-0.39, 0.29) is 0 Å². The molecular formula is C5H10Br3NO2S. The minimum absolute atomic E-state index is 0.687. The van der Waals surface area contributed by atoms with E-state index >= 15 is 0 Å². The molecule has 0 aliphatic rings. The van der Waals surface area contributed by atoms with E-state index in [1.807, 2.05) is 13.8 Å². The third-order valence-corrected chi connectivity index (χ3v) is 3.54. The standard InChI is InChI=1S/C5H10Br3NO2S/c1-3-9(4-2)12(10)11-5(6,7)8/h3-4H2,1-2H3. The number of hydrogen-bond acceptors (Lipinski definition) is 2. The molecule has 74 valence electrons. The topological polar surface area (TPSA) is 29.5 Å². The van der Waals surface area contributed by atoms with Crippen LogP contribution in [0, 0.1) is 0 Å². The zero-order valence-electron chi connectivity index (χ0n) is 6.72. The first-order chi connectivity index (χ1) is 5.40. The SMILES string of the molecule is CCN(CC)S(=O)OC(Br)(Br)Br. The van der Waals surface area contributed by atoms with Gasteiger partial charge in [-0.05, 0) is 47.8 Å². The van der Waals surface area contributed by atoms with Gasteiger partial charge in [0.25, 0.3) is 0 Å². The van der Waals surface area contributed by atoms with Crippen LogP contribution in [-0.4, -0.2) is 23.9 Å². The molecule has 3 nitrogen and oxygen atoms in total. The van der Waals surface area contributed by atoms with Gasteiger partial charge >= 0.3 is 0 Å². The van der Waals surface area contributed by atoms with Gasteiger partial charge in [0.1, 0.15) is 0 Å². The summed E-state index contributed by atoms with van der Waals surface area (Å²) in [6.07, 6.45) is 0. The summed E-state index contributed by atoms with van der Waals surface area (Å²) in [7, 11) is 0. The number of rotatable bonds is 4. The second-order valence-electron chi connectivity index (χ2n) is 1.86. The van der Waals surface area contributed by atoms with Crippen LogP contribution >= 0.6 is 47.8 Å². The van der Waals surface area contributed by atoms with E-state index in [0.29, 0.717) is 13.1 Å². The minimum Gasteiger partial charge on any atom is -0.237 e. The van der Waals surface area contributed by atoms with Gasteiger partial charge in [0.15, 0.2) is 0 Å². The first kappa shape index (κ1) is 13.5. The normalized spacial score (nSPS) is 15.2. The van der Waals surface area contributed by atoms with Crippen LogP contribution < -0.4 is 0 Å². The maximum absolute atomic E-state index is 11.3. The Hall–Kier alpha value is 1.51. The molecule has 7 heteroatoms. The number of alkyl halides is 3. The maximum Gasteiger partial charge on any atom is 0.249 e. The number of nitrogens with zero attached hydrogens (tertiary/aromatic N) is 1. The van der Waals surface area contributed by atoms with E-state index in [9.17, 15) is 4.21 Å². The summed E-state index contributed by atoms with van der Waals surface area (Å²) in [4.78, 5) is 0. The lowest BCUT2D eigenvalue weighted by molar-refractivity contribution is 0.336. The molecule has 0 bridgehead atoms. The van der Waals surface area contributed by atoms with Gasteiger partial charge in [-0.2, -0.15) is 0 Å². The van der Waals surface area contributed by atoms with Crippen LogP contribution in [-0.2, 0) is 15.4 Å². The highest BCUT2D eigenvalue weighted by molar-refractivity contribution is 9.39. The average Bonchev–Trinajstić information content (AvgIpc) is 1.85. The summed E-state index contributed by atoms with van der Waals surface area (Å²) in [5.74, 6) is 0. The van der Waals surface area contributed by atoms with Crippen LogP contribution in [0.2, 0.25) is 0 Å². The summed E-state index contributed by atoms with van der Waals surface area (Å²) in [5, 5.41) is 0. The number of halogens is 3. The Bertz CT molecular complexity index is 157. The highest BCUT2D eigenvalue weighted by Gasteiger charge is 2.24. The van der Waals surface area contributed by atoms with Crippen LogP contribution in [0.25, 0.3) is 0 Å². The first-order valence-electron chi connectivity index (χ1n) is 3.33. The van der Waals surface area contributed by atoms with Crippen LogP contribution in [0.3, 0.4) is 0 Å². The molecule has 12 heavy (non-hydrogen) atoms. The molecule has 0 radical (unpaired) electrons. The molecule has 0 fully saturated rings. The van der Waals surface area contributed by atoms with Crippen LogP contribution in [0.4, 0.5) is 0 Å². The lowest BCUT2D eigenvalue weighted by atomic mass is 10.7. The van der Waals surface area contributed by atoms with Gasteiger partial charge in [0, 0.05) is 13.1 Å². The molecule has 0 saturated heterocycles. The Morgan fingerprint density at radius 1 is 1.33 bits per heavy atom. The molecule has 0 aliphatic heterocycles. The van der Waals surface area contributed by atoms with E-state index in [0.717, 1.165) is 0 Å². The average molecular weight is 388 g/mol. The molecule has 0 spiro atoms. The van der Waals surface area contributed by atoms with Gasteiger partial charge in [-0.1, -0.05) is 13.8 Å². The minimum atomic E-state index is -1.43. The fraction of sp³-hybridized carbons (Fsp3) is 1.00. The van der Waals surface area contributed by atoms with Gasteiger partial charge in [-0.25, -0.2) is 12.7 Å². The van der Waals surface area contributed by atoms with Crippen molar-refractivity contribution >= 4 is 59.1 Å². The quantitative estimate of drug-likeness (QED) is 0.694. The molecule has 0 rings (SSSR count). The molecule has 0 amide bonds. The monoisotopic (exact) mass is 385 g/mol. The van der Waals surface area contributed by atoms with Crippen LogP contribution in [0.5, 0.6) is 0 Å². The van der Waals surface area contributed by atoms with Gasteiger partial charge in [-0.15, -0.1) is 0 Å². The van der Waals surface area contributed by atoms with Crippen molar-refractivity contribution in [2.45, 2.75) is 16.2 Å².